The second-order valence-corrected chi connectivity index (χ2v) is 34.8. The normalized spacial score (nSPS) is 15.0. The number of thiophene rings is 4. The van der Waals surface area contributed by atoms with Crippen molar-refractivity contribution in [1.82, 2.24) is 18.7 Å². The van der Waals surface area contributed by atoms with Gasteiger partial charge in [0.1, 0.15) is 39.3 Å². The molecule has 0 aliphatic heterocycles. The molecule has 0 saturated carbocycles. The Hall–Kier alpha value is -8.88. The number of nitrogens with zero attached hydrogens (tertiary/aromatic N) is 4. The predicted molar refractivity (Wildman–Crippen MR) is 455 cm³/mol. The lowest BCUT2D eigenvalue weighted by molar-refractivity contribution is 0.304. The van der Waals surface area contributed by atoms with E-state index in [4.69, 9.17) is 32.9 Å². The molecule has 0 bridgehead atoms. The first kappa shape index (κ1) is 72.3. The number of rotatable bonds is 31. The van der Waals surface area contributed by atoms with Gasteiger partial charge in [0.05, 0.1) is 53.8 Å². The maximum Gasteiger partial charge on any atom is 0.119 e. The Kier molecular flexibility index (Phi) is 21.5. The van der Waals surface area contributed by atoms with Gasteiger partial charge in [-0.2, -0.15) is 8.75 Å². The van der Waals surface area contributed by atoms with Crippen molar-refractivity contribution in [2.24, 2.45) is 0 Å². The molecule has 0 fully saturated rings. The van der Waals surface area contributed by atoms with E-state index in [9.17, 15) is 0 Å². The standard InChI is InChI=1S/C95H94N4O3S5/c1-9-12-15-18-20-23-54-101-72-46-40-69(41-47-72)94(67-36-27-61(5)28-37-67)76-58-75-77(57-74(76)92-78(94)56-64(8)104-92)95(68-38-29-62(6)30-39-68,70-42-48-73(49-43-70)102-55-24-21-19-16-13-10-2)79-59-83(106-93(75)79)80-51-52-82(105-80)85-89-88(84(81-50-31-63(7)103-81)90-91(85)99-107-98-90)97-87(86(96-89)65-32-25-60(4)26-33-65)66-34-44-71(45-35-66)100-53-22-17-14-11-3/h25-52,56-59H,9-24,53-55H2,1-8H3. The Labute approximate surface area is 652 Å². The van der Waals surface area contributed by atoms with E-state index in [1.54, 1.807) is 22.7 Å². The summed E-state index contributed by atoms with van der Waals surface area (Å²) in [4.78, 5) is 21.4. The highest BCUT2D eigenvalue weighted by Gasteiger charge is 2.53. The Morgan fingerprint density at radius 2 is 0.682 bits per heavy atom. The van der Waals surface area contributed by atoms with Crippen molar-refractivity contribution < 1.29 is 14.2 Å². The molecule has 12 heteroatoms. The number of benzene rings is 8. The van der Waals surface area contributed by atoms with Crippen LogP contribution in [-0.2, 0) is 10.8 Å². The highest BCUT2D eigenvalue weighted by molar-refractivity contribution is 7.25. The van der Waals surface area contributed by atoms with Crippen molar-refractivity contribution in [3.63, 3.8) is 0 Å². The molecule has 0 spiro atoms. The van der Waals surface area contributed by atoms with Gasteiger partial charge in [-0.25, -0.2) is 9.97 Å². The minimum Gasteiger partial charge on any atom is -0.494 e. The molecule has 107 heavy (non-hydrogen) atoms. The van der Waals surface area contributed by atoms with E-state index in [0.717, 1.165) is 115 Å². The van der Waals surface area contributed by atoms with E-state index >= 15 is 0 Å². The summed E-state index contributed by atoms with van der Waals surface area (Å²) in [5.74, 6) is 2.68. The average Bonchev–Trinajstić information content (AvgIpc) is 1.51. The summed E-state index contributed by atoms with van der Waals surface area (Å²) in [5.41, 5.74) is 23.8. The zero-order valence-electron chi connectivity index (χ0n) is 63.0. The topological polar surface area (TPSA) is 79.2 Å². The lowest BCUT2D eigenvalue weighted by atomic mass is 9.66. The molecule has 2 aliphatic carbocycles. The Morgan fingerprint density at radius 1 is 0.308 bits per heavy atom. The van der Waals surface area contributed by atoms with Crippen molar-refractivity contribution in [3.8, 4) is 91.3 Å². The van der Waals surface area contributed by atoms with Crippen LogP contribution in [0.15, 0.2) is 194 Å². The molecule has 0 saturated heterocycles. The van der Waals surface area contributed by atoms with Crippen molar-refractivity contribution in [1.29, 1.82) is 0 Å². The van der Waals surface area contributed by atoms with Crippen LogP contribution in [0.3, 0.4) is 0 Å². The third kappa shape index (κ3) is 13.8. The SMILES string of the molecule is CCCCCCCCOc1ccc(C2(c3ccc(C)cc3)c3cc4c(cc3-c3sc(C)cc32)C(c2ccc(C)cc2)(c2ccc(OCCCCCCCC)cc2)c2cc(-c3ccc(-c5c6nsnc6c(-c6ccc(C)s6)c6nc(-c7ccc(OCCCCCC)cc7)c(-c7ccc(C)cc7)nc56)s3)sc2-4)cc1. The van der Waals surface area contributed by atoms with Gasteiger partial charge in [-0.05, 0) is 207 Å². The molecule has 0 N–H and O–H groups in total. The Bertz CT molecular complexity index is 5450. The number of aryl methyl sites for hydroxylation is 5. The fourth-order valence-corrected chi connectivity index (χ4v) is 21.5. The summed E-state index contributed by atoms with van der Waals surface area (Å²) in [6.45, 7) is 19.9. The van der Waals surface area contributed by atoms with E-state index in [1.807, 2.05) is 22.7 Å². The maximum atomic E-state index is 6.63. The van der Waals surface area contributed by atoms with Gasteiger partial charge in [0, 0.05) is 61.3 Å². The van der Waals surface area contributed by atoms with Crippen LogP contribution < -0.4 is 14.2 Å². The quantitative estimate of drug-likeness (QED) is 0.0401. The van der Waals surface area contributed by atoms with Crippen LogP contribution in [0.25, 0.3) is 96.1 Å². The maximum absolute atomic E-state index is 6.63. The fourth-order valence-electron chi connectivity index (χ4n) is 16.5. The van der Waals surface area contributed by atoms with Crippen LogP contribution >= 0.6 is 57.1 Å². The summed E-state index contributed by atoms with van der Waals surface area (Å²) in [5, 5.41) is 0. The molecule has 0 amide bonds. The molecule has 2 unspecified atom stereocenters. The summed E-state index contributed by atoms with van der Waals surface area (Å²) in [7, 11) is 0. The molecule has 8 aromatic carbocycles. The van der Waals surface area contributed by atoms with Crippen molar-refractivity contribution in [2.45, 2.75) is 169 Å². The van der Waals surface area contributed by atoms with Crippen LogP contribution in [0.1, 0.15) is 194 Å². The van der Waals surface area contributed by atoms with Crippen LogP contribution in [0, 0.1) is 34.6 Å². The van der Waals surface area contributed by atoms with Gasteiger partial charge in [0.15, 0.2) is 0 Å². The molecular formula is C95H94N4O3S5. The molecule has 14 aromatic rings. The monoisotopic (exact) mass is 1500 g/mol. The second kappa shape index (κ2) is 31.7. The third-order valence-corrected chi connectivity index (χ3v) is 27.2. The predicted octanol–water partition coefficient (Wildman–Crippen LogP) is 27.9. The lowest BCUT2D eigenvalue weighted by Crippen LogP contribution is -2.30. The lowest BCUT2D eigenvalue weighted by Gasteiger charge is -2.35. The van der Waals surface area contributed by atoms with Gasteiger partial charge in [-0.1, -0.05) is 218 Å². The Balaban J connectivity index is 0.878. The van der Waals surface area contributed by atoms with E-state index in [0.29, 0.717) is 13.2 Å². The number of fused-ring (bicyclic) bond motifs is 8. The average molecular weight is 1500 g/mol. The summed E-state index contributed by atoms with van der Waals surface area (Å²) in [6, 6.07) is 73.7. The first-order chi connectivity index (χ1) is 52.5. The molecule has 7 nitrogen and oxygen atoms in total. The summed E-state index contributed by atoms with van der Waals surface area (Å²) >= 11 is 8.67. The van der Waals surface area contributed by atoms with Crippen LogP contribution in [-0.4, -0.2) is 38.5 Å². The Morgan fingerprint density at radius 3 is 1.14 bits per heavy atom. The highest BCUT2D eigenvalue weighted by atomic mass is 32.1. The number of hydrogen-bond donors (Lipinski definition) is 0. The number of ether oxygens (including phenoxy) is 3. The smallest absolute Gasteiger partial charge is 0.119 e. The van der Waals surface area contributed by atoms with E-state index in [1.165, 1.54) is 190 Å². The number of aromatic nitrogens is 4. The minimum absolute atomic E-state index is 0.630. The summed E-state index contributed by atoms with van der Waals surface area (Å²) < 4.78 is 29.9. The zero-order chi connectivity index (χ0) is 73.2. The van der Waals surface area contributed by atoms with Crippen molar-refractivity contribution >= 4 is 79.1 Å². The van der Waals surface area contributed by atoms with E-state index in [2.05, 4.69) is 250 Å². The molecule has 2 atom stereocenters. The highest BCUT2D eigenvalue weighted by Crippen LogP contribution is 2.66. The molecule has 0 radical (unpaired) electrons. The largest absolute Gasteiger partial charge is 0.494 e. The summed E-state index contributed by atoms with van der Waals surface area (Å²) in [6.07, 6.45) is 19.3. The van der Waals surface area contributed by atoms with Gasteiger partial charge in [0.2, 0.25) is 0 Å². The number of unbranched alkanes of at least 4 members (excludes halogenated alkanes) is 13. The first-order valence-corrected chi connectivity index (χ1v) is 43.0. The third-order valence-electron chi connectivity index (χ3n) is 22.1. The second-order valence-electron chi connectivity index (χ2n) is 29.6. The van der Waals surface area contributed by atoms with Gasteiger partial charge >= 0.3 is 0 Å². The molecular weight excluding hydrogens is 1410 g/mol. The molecule has 6 heterocycles. The molecule has 6 aromatic heterocycles. The zero-order valence-corrected chi connectivity index (χ0v) is 67.0. The van der Waals surface area contributed by atoms with Crippen LogP contribution in [0.2, 0.25) is 0 Å². The molecule has 2 aliphatic rings. The van der Waals surface area contributed by atoms with Gasteiger partial charge in [0.25, 0.3) is 0 Å². The van der Waals surface area contributed by atoms with Gasteiger partial charge < -0.3 is 14.2 Å². The molecule has 542 valence electrons. The van der Waals surface area contributed by atoms with Crippen LogP contribution in [0.5, 0.6) is 17.2 Å². The fraction of sp³-hybridized carbons (Fsp3) is 0.305. The van der Waals surface area contributed by atoms with Gasteiger partial charge in [-0.3, -0.25) is 0 Å². The van der Waals surface area contributed by atoms with Crippen LogP contribution in [0.4, 0.5) is 0 Å². The van der Waals surface area contributed by atoms with Crippen molar-refractivity contribution in [2.75, 3.05) is 19.8 Å². The molecule has 16 rings (SSSR count). The van der Waals surface area contributed by atoms with Crippen molar-refractivity contribution in [3.05, 3.63) is 265 Å². The minimum atomic E-state index is -0.720. The number of hydrogen-bond acceptors (Lipinski definition) is 12. The van der Waals surface area contributed by atoms with E-state index < -0.39 is 10.8 Å². The van der Waals surface area contributed by atoms with Gasteiger partial charge in [-0.15, -0.1) is 45.3 Å². The van der Waals surface area contributed by atoms with E-state index in [-0.39, 0.29) is 0 Å². The first-order valence-electron chi connectivity index (χ1n) is 39.0.